The molecule has 4 rings (SSSR count). The standard InChI is InChI=1S/C19H13ClN2OS2/c1-11-15(14-4-2-3-5-16(14)21-11)10-17-18(23)22(19(24)25-17)13-8-6-12(20)7-9-13/h2-10,23H,1H3/b15-10-. The average molecular weight is 385 g/mol. The molecule has 2 aromatic carbocycles. The molecule has 25 heavy (non-hydrogen) atoms. The number of aliphatic imine (C=N–C) groups is 1. The Labute approximate surface area is 159 Å². The van der Waals surface area contributed by atoms with Crippen LogP contribution in [0.2, 0.25) is 5.02 Å². The Balaban J connectivity index is 1.84. The molecule has 1 aromatic heterocycles. The fourth-order valence-electron chi connectivity index (χ4n) is 2.84. The summed E-state index contributed by atoms with van der Waals surface area (Å²) in [6.45, 7) is 1.97. The third kappa shape index (κ3) is 2.84. The van der Waals surface area contributed by atoms with Crippen LogP contribution < -0.4 is 0 Å². The first-order valence-electron chi connectivity index (χ1n) is 7.62. The van der Waals surface area contributed by atoms with Gasteiger partial charge in [-0.2, -0.15) is 0 Å². The van der Waals surface area contributed by atoms with Crippen molar-refractivity contribution < 1.29 is 5.11 Å². The number of aromatic hydroxyl groups is 1. The van der Waals surface area contributed by atoms with Gasteiger partial charge in [0.05, 0.1) is 16.3 Å². The molecule has 0 saturated carbocycles. The summed E-state index contributed by atoms with van der Waals surface area (Å²) in [7, 11) is 0. The SMILES string of the molecule is CC1=Nc2ccccc2/C1=C\c1sc(=S)n(-c2ccc(Cl)cc2)c1O. The van der Waals surface area contributed by atoms with E-state index in [1.54, 1.807) is 16.7 Å². The average Bonchev–Trinajstić information content (AvgIpc) is 3.06. The molecule has 1 N–H and O–H groups in total. The highest BCUT2D eigenvalue weighted by molar-refractivity contribution is 7.73. The van der Waals surface area contributed by atoms with E-state index >= 15 is 0 Å². The van der Waals surface area contributed by atoms with Gasteiger partial charge in [0, 0.05) is 21.9 Å². The second kappa shape index (κ2) is 6.26. The van der Waals surface area contributed by atoms with Crippen LogP contribution in [0.4, 0.5) is 5.69 Å². The molecule has 6 heteroatoms. The summed E-state index contributed by atoms with van der Waals surface area (Å²) in [6.07, 6.45) is 1.95. The Morgan fingerprint density at radius 1 is 1.16 bits per heavy atom. The molecule has 0 amide bonds. The van der Waals surface area contributed by atoms with Gasteiger partial charge in [0.2, 0.25) is 5.88 Å². The van der Waals surface area contributed by atoms with Crippen molar-refractivity contribution in [2.45, 2.75) is 6.92 Å². The number of benzene rings is 2. The maximum absolute atomic E-state index is 10.7. The predicted octanol–water partition coefficient (Wildman–Crippen LogP) is 6.27. The largest absolute Gasteiger partial charge is 0.493 e. The van der Waals surface area contributed by atoms with E-state index in [-0.39, 0.29) is 5.88 Å². The third-order valence-electron chi connectivity index (χ3n) is 4.04. The van der Waals surface area contributed by atoms with E-state index in [4.69, 9.17) is 23.8 Å². The van der Waals surface area contributed by atoms with Crippen molar-refractivity contribution in [3.63, 3.8) is 0 Å². The van der Waals surface area contributed by atoms with Crippen LogP contribution in [0, 0.1) is 3.95 Å². The van der Waals surface area contributed by atoms with Gasteiger partial charge < -0.3 is 5.11 Å². The van der Waals surface area contributed by atoms with Crippen molar-refractivity contribution in [2.75, 3.05) is 0 Å². The van der Waals surface area contributed by atoms with Crippen molar-refractivity contribution >= 4 is 58.2 Å². The van der Waals surface area contributed by atoms with Crippen LogP contribution in [-0.2, 0) is 0 Å². The zero-order valence-electron chi connectivity index (χ0n) is 13.2. The zero-order valence-corrected chi connectivity index (χ0v) is 15.6. The highest BCUT2D eigenvalue weighted by Gasteiger charge is 2.19. The highest BCUT2D eigenvalue weighted by Crippen LogP contribution is 2.39. The molecule has 0 fully saturated rings. The summed E-state index contributed by atoms with van der Waals surface area (Å²) in [5.74, 6) is 0.127. The lowest BCUT2D eigenvalue weighted by Gasteiger charge is -2.05. The van der Waals surface area contributed by atoms with Crippen molar-refractivity contribution in [1.29, 1.82) is 0 Å². The van der Waals surface area contributed by atoms with E-state index in [0.29, 0.717) is 13.9 Å². The van der Waals surface area contributed by atoms with Gasteiger partial charge in [-0.15, -0.1) is 11.3 Å². The minimum atomic E-state index is 0.127. The first kappa shape index (κ1) is 16.3. The van der Waals surface area contributed by atoms with Crippen LogP contribution >= 0.6 is 35.2 Å². The van der Waals surface area contributed by atoms with Gasteiger partial charge in [0.15, 0.2) is 3.95 Å². The summed E-state index contributed by atoms with van der Waals surface area (Å²) in [5, 5.41) is 11.4. The second-order valence-electron chi connectivity index (χ2n) is 5.64. The number of rotatable bonds is 2. The van der Waals surface area contributed by atoms with Crippen LogP contribution in [0.1, 0.15) is 17.4 Å². The molecule has 0 atom stereocenters. The van der Waals surface area contributed by atoms with Gasteiger partial charge in [0.1, 0.15) is 0 Å². The van der Waals surface area contributed by atoms with E-state index in [2.05, 4.69) is 4.99 Å². The number of aromatic nitrogens is 1. The van der Waals surface area contributed by atoms with Crippen LogP contribution in [0.5, 0.6) is 5.88 Å². The van der Waals surface area contributed by atoms with E-state index in [0.717, 1.165) is 28.2 Å². The number of allylic oxidation sites excluding steroid dienone is 1. The molecule has 0 unspecified atom stereocenters. The Morgan fingerprint density at radius 2 is 1.88 bits per heavy atom. The van der Waals surface area contributed by atoms with Gasteiger partial charge in [-0.25, -0.2) is 0 Å². The van der Waals surface area contributed by atoms with Gasteiger partial charge in [-0.05, 0) is 55.5 Å². The number of hydrogen-bond acceptors (Lipinski definition) is 4. The summed E-state index contributed by atoms with van der Waals surface area (Å²) in [4.78, 5) is 5.29. The summed E-state index contributed by atoms with van der Waals surface area (Å²) < 4.78 is 2.23. The maximum atomic E-state index is 10.7. The molecule has 0 aliphatic carbocycles. The summed E-state index contributed by atoms with van der Waals surface area (Å²) in [5.41, 5.74) is 4.73. The number of nitrogens with zero attached hydrogens (tertiary/aromatic N) is 2. The topological polar surface area (TPSA) is 37.5 Å². The fraction of sp³-hybridized carbons (Fsp3) is 0.0526. The minimum absolute atomic E-state index is 0.127. The molecule has 1 aliphatic heterocycles. The van der Waals surface area contributed by atoms with E-state index in [1.165, 1.54) is 11.3 Å². The van der Waals surface area contributed by atoms with Crippen LogP contribution in [0.15, 0.2) is 53.5 Å². The molecule has 0 spiro atoms. The Morgan fingerprint density at radius 3 is 2.64 bits per heavy atom. The molecular weight excluding hydrogens is 372 g/mol. The van der Waals surface area contributed by atoms with Gasteiger partial charge in [-0.1, -0.05) is 29.8 Å². The molecule has 124 valence electrons. The number of thiazole rings is 1. The van der Waals surface area contributed by atoms with Gasteiger partial charge in [0.25, 0.3) is 0 Å². The minimum Gasteiger partial charge on any atom is -0.493 e. The zero-order chi connectivity index (χ0) is 17.6. The Hall–Kier alpha value is -2.21. The molecule has 0 saturated heterocycles. The van der Waals surface area contributed by atoms with Crippen molar-refractivity contribution in [3.05, 3.63) is 67.9 Å². The second-order valence-corrected chi connectivity index (χ2v) is 7.75. The van der Waals surface area contributed by atoms with Gasteiger partial charge >= 0.3 is 0 Å². The van der Waals surface area contributed by atoms with Crippen molar-refractivity contribution in [1.82, 2.24) is 4.57 Å². The molecule has 0 bridgehead atoms. The Bertz CT molecular complexity index is 1090. The Kier molecular flexibility index (Phi) is 4.07. The molecule has 0 radical (unpaired) electrons. The lowest BCUT2D eigenvalue weighted by Crippen LogP contribution is -1.93. The van der Waals surface area contributed by atoms with Crippen LogP contribution in [0.3, 0.4) is 0 Å². The summed E-state index contributed by atoms with van der Waals surface area (Å²) >= 11 is 12.8. The first-order valence-corrected chi connectivity index (χ1v) is 9.22. The van der Waals surface area contributed by atoms with E-state index < -0.39 is 0 Å². The van der Waals surface area contributed by atoms with Crippen LogP contribution in [0.25, 0.3) is 17.3 Å². The van der Waals surface area contributed by atoms with E-state index in [9.17, 15) is 5.11 Å². The smallest absolute Gasteiger partial charge is 0.215 e. The third-order valence-corrected chi connectivity index (χ3v) is 5.61. The molecular formula is C19H13ClN2OS2. The lowest BCUT2D eigenvalue weighted by molar-refractivity contribution is 0.441. The van der Waals surface area contributed by atoms with E-state index in [1.807, 2.05) is 49.4 Å². The normalized spacial score (nSPS) is 14.6. The highest BCUT2D eigenvalue weighted by atomic mass is 35.5. The number of para-hydroxylation sites is 1. The fourth-order valence-corrected chi connectivity index (χ4v) is 4.26. The van der Waals surface area contributed by atoms with Crippen LogP contribution in [-0.4, -0.2) is 15.4 Å². The number of fused-ring (bicyclic) bond motifs is 1. The molecule has 3 nitrogen and oxygen atoms in total. The van der Waals surface area contributed by atoms with Crippen molar-refractivity contribution in [2.24, 2.45) is 4.99 Å². The van der Waals surface area contributed by atoms with Gasteiger partial charge in [-0.3, -0.25) is 9.56 Å². The lowest BCUT2D eigenvalue weighted by atomic mass is 10.0. The van der Waals surface area contributed by atoms with Crippen molar-refractivity contribution in [3.8, 4) is 11.6 Å². The number of hydrogen-bond donors (Lipinski definition) is 1. The molecule has 3 aromatic rings. The molecule has 2 heterocycles. The maximum Gasteiger partial charge on any atom is 0.215 e. The first-order chi connectivity index (χ1) is 12.0. The summed E-state index contributed by atoms with van der Waals surface area (Å²) in [6, 6.07) is 15.2. The quantitative estimate of drug-likeness (QED) is 0.528. The molecule has 1 aliphatic rings. The predicted molar refractivity (Wildman–Crippen MR) is 108 cm³/mol. The number of halogens is 1. The monoisotopic (exact) mass is 384 g/mol.